The SMILES string of the molecule is COc1cc(Br)c(CCNS(=O)(=O)N2CCC[C@@H](C)C2)cc1OC. The molecule has 1 atom stereocenters. The van der Waals surface area contributed by atoms with Gasteiger partial charge in [-0.2, -0.15) is 12.7 Å². The number of ether oxygens (including phenoxy) is 2. The second-order valence-electron chi connectivity index (χ2n) is 6.05. The van der Waals surface area contributed by atoms with Crippen LogP contribution in [0.25, 0.3) is 0 Å². The van der Waals surface area contributed by atoms with E-state index < -0.39 is 10.2 Å². The molecule has 24 heavy (non-hydrogen) atoms. The predicted molar refractivity (Wildman–Crippen MR) is 97.8 cm³/mol. The summed E-state index contributed by atoms with van der Waals surface area (Å²) in [5.41, 5.74) is 0.961. The maximum Gasteiger partial charge on any atom is 0.279 e. The maximum absolute atomic E-state index is 12.4. The summed E-state index contributed by atoms with van der Waals surface area (Å²) in [6, 6.07) is 3.69. The fraction of sp³-hybridized carbons (Fsp3) is 0.625. The Kier molecular flexibility index (Phi) is 6.91. The minimum atomic E-state index is -3.42. The Morgan fingerprint density at radius 3 is 2.58 bits per heavy atom. The van der Waals surface area contributed by atoms with Crippen molar-refractivity contribution < 1.29 is 17.9 Å². The van der Waals surface area contributed by atoms with Crippen molar-refractivity contribution in [2.24, 2.45) is 5.92 Å². The second kappa shape index (κ2) is 8.51. The molecule has 1 fully saturated rings. The molecule has 2 rings (SSSR count). The summed E-state index contributed by atoms with van der Waals surface area (Å²) in [6.45, 7) is 3.61. The molecule has 6 nitrogen and oxygen atoms in total. The minimum absolute atomic E-state index is 0.335. The van der Waals surface area contributed by atoms with E-state index in [2.05, 4.69) is 27.6 Å². The van der Waals surface area contributed by atoms with Gasteiger partial charge >= 0.3 is 0 Å². The average molecular weight is 421 g/mol. The fourth-order valence-electron chi connectivity index (χ4n) is 2.86. The largest absolute Gasteiger partial charge is 0.493 e. The third kappa shape index (κ3) is 4.84. The molecule has 0 spiro atoms. The Bertz CT molecular complexity index is 666. The lowest BCUT2D eigenvalue weighted by molar-refractivity contribution is 0.278. The van der Waals surface area contributed by atoms with Crippen LogP contribution in [0.4, 0.5) is 0 Å². The summed E-state index contributed by atoms with van der Waals surface area (Å²) >= 11 is 3.49. The highest BCUT2D eigenvalue weighted by Gasteiger charge is 2.26. The van der Waals surface area contributed by atoms with E-state index in [1.807, 2.05) is 12.1 Å². The van der Waals surface area contributed by atoms with Crippen molar-refractivity contribution in [3.05, 3.63) is 22.2 Å². The first-order chi connectivity index (χ1) is 11.4. The van der Waals surface area contributed by atoms with Gasteiger partial charge in [-0.1, -0.05) is 22.9 Å². The minimum Gasteiger partial charge on any atom is -0.493 e. The summed E-state index contributed by atoms with van der Waals surface area (Å²) in [5.74, 6) is 1.68. The summed E-state index contributed by atoms with van der Waals surface area (Å²) in [6.07, 6.45) is 2.57. The van der Waals surface area contributed by atoms with Crippen molar-refractivity contribution in [2.45, 2.75) is 26.2 Å². The number of rotatable bonds is 7. The van der Waals surface area contributed by atoms with E-state index in [4.69, 9.17) is 9.47 Å². The molecule has 0 aromatic heterocycles. The normalized spacial score (nSPS) is 19.2. The molecule has 136 valence electrons. The van der Waals surface area contributed by atoms with Gasteiger partial charge in [0.05, 0.1) is 14.2 Å². The van der Waals surface area contributed by atoms with E-state index in [9.17, 15) is 8.42 Å². The first-order valence-electron chi connectivity index (χ1n) is 8.02. The van der Waals surface area contributed by atoms with Gasteiger partial charge < -0.3 is 9.47 Å². The number of hydrogen-bond acceptors (Lipinski definition) is 4. The number of piperidine rings is 1. The van der Waals surface area contributed by atoms with E-state index in [-0.39, 0.29) is 0 Å². The van der Waals surface area contributed by atoms with Crippen LogP contribution in [0.1, 0.15) is 25.3 Å². The molecule has 8 heteroatoms. The van der Waals surface area contributed by atoms with Crippen molar-refractivity contribution in [3.63, 3.8) is 0 Å². The lowest BCUT2D eigenvalue weighted by atomic mass is 10.0. The van der Waals surface area contributed by atoms with Crippen molar-refractivity contribution in [2.75, 3.05) is 33.9 Å². The van der Waals surface area contributed by atoms with Crippen LogP contribution in [0.15, 0.2) is 16.6 Å². The molecule has 0 radical (unpaired) electrons. The molecular weight excluding hydrogens is 396 g/mol. The first kappa shape index (κ1) is 19.5. The van der Waals surface area contributed by atoms with Gasteiger partial charge in [-0.25, -0.2) is 4.72 Å². The molecule has 0 aliphatic carbocycles. The van der Waals surface area contributed by atoms with Gasteiger partial charge in [0.2, 0.25) is 0 Å². The van der Waals surface area contributed by atoms with Crippen molar-refractivity contribution in [3.8, 4) is 11.5 Å². The standard InChI is InChI=1S/C16H25BrN2O4S/c1-12-5-4-8-19(11-12)24(20,21)18-7-6-13-9-15(22-2)16(23-3)10-14(13)17/h9-10,12,18H,4-8,11H2,1-3H3/t12-/m1/s1. The van der Waals surface area contributed by atoms with Crippen LogP contribution < -0.4 is 14.2 Å². The fourth-order valence-corrected chi connectivity index (χ4v) is 4.74. The summed E-state index contributed by atoms with van der Waals surface area (Å²) in [4.78, 5) is 0. The van der Waals surface area contributed by atoms with Gasteiger partial charge in [-0.3, -0.25) is 0 Å². The van der Waals surface area contributed by atoms with Crippen LogP contribution in [0, 0.1) is 5.92 Å². The van der Waals surface area contributed by atoms with E-state index in [0.29, 0.717) is 43.5 Å². The molecule has 0 bridgehead atoms. The van der Waals surface area contributed by atoms with Gasteiger partial charge in [-0.05, 0) is 42.9 Å². The van der Waals surface area contributed by atoms with Crippen LogP contribution in [-0.4, -0.2) is 46.6 Å². The van der Waals surface area contributed by atoms with Gasteiger partial charge in [0, 0.05) is 24.1 Å². The Balaban J connectivity index is 1.98. The summed E-state index contributed by atoms with van der Waals surface area (Å²) < 4.78 is 40.4. The monoisotopic (exact) mass is 420 g/mol. The number of halogens is 1. The third-order valence-electron chi connectivity index (χ3n) is 4.19. The van der Waals surface area contributed by atoms with Gasteiger partial charge in [0.15, 0.2) is 11.5 Å². The topological polar surface area (TPSA) is 67.9 Å². The zero-order chi connectivity index (χ0) is 17.7. The predicted octanol–water partition coefficient (Wildman–Crippen LogP) is 2.58. The van der Waals surface area contributed by atoms with E-state index in [1.165, 1.54) is 0 Å². The molecule has 1 heterocycles. The molecule has 1 aliphatic heterocycles. The Labute approximate surface area is 152 Å². The third-order valence-corrected chi connectivity index (χ3v) is 6.51. The maximum atomic E-state index is 12.4. The van der Waals surface area contributed by atoms with Crippen LogP contribution in [0.3, 0.4) is 0 Å². The highest BCUT2D eigenvalue weighted by Crippen LogP contribution is 2.33. The lowest BCUT2D eigenvalue weighted by Gasteiger charge is -2.30. The van der Waals surface area contributed by atoms with Crippen LogP contribution >= 0.6 is 15.9 Å². The highest BCUT2D eigenvalue weighted by molar-refractivity contribution is 9.10. The number of benzene rings is 1. The van der Waals surface area contributed by atoms with Gasteiger partial charge in [0.25, 0.3) is 10.2 Å². The van der Waals surface area contributed by atoms with Crippen LogP contribution in [0.5, 0.6) is 11.5 Å². The van der Waals surface area contributed by atoms with Crippen LogP contribution in [0.2, 0.25) is 0 Å². The lowest BCUT2D eigenvalue weighted by Crippen LogP contribution is -2.46. The molecule has 0 unspecified atom stereocenters. The first-order valence-corrected chi connectivity index (χ1v) is 10.3. The number of methoxy groups -OCH3 is 2. The molecule has 1 aromatic rings. The van der Waals surface area contributed by atoms with Crippen molar-refractivity contribution in [1.82, 2.24) is 9.03 Å². The van der Waals surface area contributed by atoms with E-state index in [0.717, 1.165) is 22.9 Å². The molecule has 1 saturated heterocycles. The molecule has 1 aliphatic rings. The molecule has 1 N–H and O–H groups in total. The summed E-state index contributed by atoms with van der Waals surface area (Å²) in [5, 5.41) is 0. The van der Waals surface area contributed by atoms with E-state index >= 15 is 0 Å². The van der Waals surface area contributed by atoms with Crippen molar-refractivity contribution >= 4 is 26.1 Å². The molecule has 1 aromatic carbocycles. The van der Waals surface area contributed by atoms with E-state index in [1.54, 1.807) is 18.5 Å². The molecule has 0 saturated carbocycles. The smallest absolute Gasteiger partial charge is 0.279 e. The Morgan fingerprint density at radius 2 is 1.96 bits per heavy atom. The number of nitrogens with one attached hydrogen (secondary N) is 1. The number of nitrogens with zero attached hydrogens (tertiary/aromatic N) is 1. The second-order valence-corrected chi connectivity index (χ2v) is 8.66. The zero-order valence-corrected chi connectivity index (χ0v) is 16.7. The molecular formula is C16H25BrN2O4S. The quantitative estimate of drug-likeness (QED) is 0.735. The van der Waals surface area contributed by atoms with Crippen molar-refractivity contribution in [1.29, 1.82) is 0 Å². The molecule has 0 amide bonds. The van der Waals surface area contributed by atoms with Crippen LogP contribution in [-0.2, 0) is 16.6 Å². The summed E-state index contributed by atoms with van der Waals surface area (Å²) in [7, 11) is -0.255. The van der Waals surface area contributed by atoms with Gasteiger partial charge in [0.1, 0.15) is 0 Å². The highest BCUT2D eigenvalue weighted by atomic mass is 79.9. The van der Waals surface area contributed by atoms with Gasteiger partial charge in [-0.15, -0.1) is 0 Å². The number of hydrogen-bond donors (Lipinski definition) is 1. The Morgan fingerprint density at radius 1 is 1.29 bits per heavy atom. The Hall–Kier alpha value is -0.830. The average Bonchev–Trinajstić information content (AvgIpc) is 2.55. The zero-order valence-electron chi connectivity index (χ0n) is 14.3.